The zero-order valence-electron chi connectivity index (χ0n) is 17.2. The molecule has 13 heteroatoms. The van der Waals surface area contributed by atoms with Crippen LogP contribution in [-0.4, -0.2) is 54.3 Å². The number of piperazine rings is 1. The van der Waals surface area contributed by atoms with Crippen molar-refractivity contribution in [2.75, 3.05) is 36.4 Å². The van der Waals surface area contributed by atoms with E-state index in [4.69, 9.17) is 9.90 Å². The summed E-state index contributed by atoms with van der Waals surface area (Å²) in [4.78, 5) is 27.1. The van der Waals surface area contributed by atoms with Crippen molar-refractivity contribution in [3.63, 3.8) is 0 Å². The molecule has 1 aliphatic heterocycles. The number of nitrogens with zero attached hydrogens (tertiary/aromatic N) is 2. The number of nitrogens with one attached hydrogen (secondary N) is 2. The van der Waals surface area contributed by atoms with Crippen molar-refractivity contribution in [1.82, 2.24) is 10.3 Å². The number of carbonyl (C=O) groups is 2. The van der Waals surface area contributed by atoms with Gasteiger partial charge in [-0.2, -0.15) is 22.0 Å². The molecule has 0 bridgehead atoms. The SMILES string of the molecule is Cc1cc(F)ccc1C(F)(F)C(=O)Nc1cnccc1N1CCNCC1.O=C(O)C(F)(F)F. The Balaban J connectivity index is 0.000000479. The Morgan fingerprint density at radius 1 is 1.12 bits per heavy atom. The number of alkyl halides is 5. The minimum absolute atomic E-state index is 0.0127. The average Bonchev–Trinajstić information content (AvgIpc) is 2.74. The number of carboxylic acids is 1. The van der Waals surface area contributed by atoms with E-state index in [-0.39, 0.29) is 11.3 Å². The van der Waals surface area contributed by atoms with Gasteiger partial charge in [-0.25, -0.2) is 9.18 Å². The molecule has 1 saturated heterocycles. The molecule has 0 radical (unpaired) electrons. The predicted octanol–water partition coefficient (Wildman–Crippen LogP) is 3.30. The van der Waals surface area contributed by atoms with Gasteiger partial charge < -0.3 is 20.6 Å². The molecule has 1 fully saturated rings. The molecule has 2 aromatic rings. The van der Waals surface area contributed by atoms with E-state index >= 15 is 0 Å². The topological polar surface area (TPSA) is 94.6 Å². The molecule has 0 atom stereocenters. The van der Waals surface area contributed by atoms with Crippen molar-refractivity contribution < 1.29 is 41.0 Å². The summed E-state index contributed by atoms with van der Waals surface area (Å²) in [5, 5.41) is 12.6. The van der Waals surface area contributed by atoms with E-state index in [2.05, 4.69) is 15.6 Å². The average molecular weight is 478 g/mol. The van der Waals surface area contributed by atoms with Gasteiger partial charge in [-0.05, 0) is 36.8 Å². The number of hydrogen-bond donors (Lipinski definition) is 3. The van der Waals surface area contributed by atoms with E-state index in [0.717, 1.165) is 31.3 Å². The largest absolute Gasteiger partial charge is 0.490 e. The minimum Gasteiger partial charge on any atom is -0.475 e. The van der Waals surface area contributed by atoms with Gasteiger partial charge >= 0.3 is 18.1 Å². The highest BCUT2D eigenvalue weighted by molar-refractivity contribution is 5.99. The lowest BCUT2D eigenvalue weighted by Crippen LogP contribution is -2.44. The van der Waals surface area contributed by atoms with Crippen LogP contribution in [0, 0.1) is 12.7 Å². The maximum atomic E-state index is 14.6. The number of aryl methyl sites for hydroxylation is 1. The molecule has 0 unspecified atom stereocenters. The summed E-state index contributed by atoms with van der Waals surface area (Å²) in [5.74, 6) is -8.66. The summed E-state index contributed by atoms with van der Waals surface area (Å²) in [7, 11) is 0. The number of hydrogen-bond acceptors (Lipinski definition) is 5. The van der Waals surface area contributed by atoms with Crippen LogP contribution in [0.15, 0.2) is 36.7 Å². The Morgan fingerprint density at radius 3 is 2.27 bits per heavy atom. The van der Waals surface area contributed by atoms with Gasteiger partial charge in [0, 0.05) is 37.9 Å². The lowest BCUT2D eigenvalue weighted by molar-refractivity contribution is -0.192. The predicted molar refractivity (Wildman–Crippen MR) is 107 cm³/mol. The van der Waals surface area contributed by atoms with Gasteiger partial charge in [-0.1, -0.05) is 0 Å². The summed E-state index contributed by atoms with van der Waals surface area (Å²) in [6.07, 6.45) is -2.18. The van der Waals surface area contributed by atoms with Gasteiger partial charge in [-0.3, -0.25) is 9.78 Å². The van der Waals surface area contributed by atoms with Crippen molar-refractivity contribution in [2.45, 2.75) is 19.0 Å². The van der Waals surface area contributed by atoms with E-state index in [1.54, 1.807) is 12.3 Å². The fraction of sp³-hybridized carbons (Fsp3) is 0.350. The van der Waals surface area contributed by atoms with E-state index < -0.39 is 35.4 Å². The van der Waals surface area contributed by atoms with Crippen molar-refractivity contribution in [3.8, 4) is 0 Å². The number of halogens is 6. The van der Waals surface area contributed by atoms with Crippen LogP contribution in [0.1, 0.15) is 11.1 Å². The normalized spacial score (nSPS) is 14.2. The Labute approximate surface area is 184 Å². The molecule has 33 heavy (non-hydrogen) atoms. The smallest absolute Gasteiger partial charge is 0.475 e. The van der Waals surface area contributed by atoms with E-state index in [9.17, 15) is 31.1 Å². The highest BCUT2D eigenvalue weighted by atomic mass is 19.4. The van der Waals surface area contributed by atoms with Crippen molar-refractivity contribution in [2.24, 2.45) is 0 Å². The molecule has 180 valence electrons. The molecule has 1 amide bonds. The first-order valence-corrected chi connectivity index (χ1v) is 9.49. The highest BCUT2D eigenvalue weighted by Crippen LogP contribution is 2.34. The third-order valence-corrected chi connectivity index (χ3v) is 4.56. The second-order valence-corrected chi connectivity index (χ2v) is 6.92. The summed E-state index contributed by atoms with van der Waals surface area (Å²) in [6.45, 7) is 4.26. The second kappa shape index (κ2) is 10.5. The van der Waals surface area contributed by atoms with Crippen molar-refractivity contribution >= 4 is 23.3 Å². The molecular weight excluding hydrogens is 458 g/mol. The van der Waals surface area contributed by atoms with Crippen LogP contribution in [0.25, 0.3) is 0 Å². The molecule has 2 heterocycles. The Bertz CT molecular complexity index is 994. The van der Waals surface area contributed by atoms with Gasteiger partial charge in [0.25, 0.3) is 5.91 Å². The van der Waals surface area contributed by atoms with Gasteiger partial charge in [0.05, 0.1) is 17.6 Å². The second-order valence-electron chi connectivity index (χ2n) is 6.92. The molecule has 0 saturated carbocycles. The van der Waals surface area contributed by atoms with Crippen LogP contribution in [0.4, 0.5) is 37.7 Å². The lowest BCUT2D eigenvalue weighted by Gasteiger charge is -2.31. The molecule has 0 aliphatic carbocycles. The van der Waals surface area contributed by atoms with Gasteiger partial charge in [-0.15, -0.1) is 0 Å². The number of aliphatic carboxylic acids is 1. The molecule has 1 aromatic heterocycles. The maximum absolute atomic E-state index is 14.6. The summed E-state index contributed by atoms with van der Waals surface area (Å²) >= 11 is 0. The summed E-state index contributed by atoms with van der Waals surface area (Å²) in [5.41, 5.74) is 0.350. The third-order valence-electron chi connectivity index (χ3n) is 4.56. The highest BCUT2D eigenvalue weighted by Gasteiger charge is 2.42. The third kappa shape index (κ3) is 6.81. The fourth-order valence-electron chi connectivity index (χ4n) is 2.97. The number of amides is 1. The van der Waals surface area contributed by atoms with E-state index in [1.165, 1.54) is 13.1 Å². The molecule has 1 aromatic carbocycles. The van der Waals surface area contributed by atoms with Crippen LogP contribution in [0.2, 0.25) is 0 Å². The van der Waals surface area contributed by atoms with Crippen LogP contribution in [0.5, 0.6) is 0 Å². The molecule has 0 spiro atoms. The quantitative estimate of drug-likeness (QED) is 0.584. The van der Waals surface area contributed by atoms with Gasteiger partial charge in [0.15, 0.2) is 0 Å². The molecule has 7 nitrogen and oxygen atoms in total. The zero-order valence-corrected chi connectivity index (χ0v) is 17.2. The standard InChI is InChI=1S/C18H19F3N4O.C2HF3O2/c1-12-10-13(19)2-3-14(12)18(20,21)17(26)24-15-11-23-5-4-16(15)25-8-6-22-7-9-25;3-2(4,5)1(6)7/h2-5,10-11,22H,6-9H2,1H3,(H,24,26);(H,6,7). The number of anilines is 2. The number of carbonyl (C=O) groups excluding carboxylic acids is 1. The van der Waals surface area contributed by atoms with Crippen molar-refractivity contribution in [1.29, 1.82) is 0 Å². The van der Waals surface area contributed by atoms with E-state index in [0.29, 0.717) is 18.8 Å². The number of benzene rings is 1. The Morgan fingerprint density at radius 2 is 1.73 bits per heavy atom. The van der Waals surface area contributed by atoms with Gasteiger partial charge in [0.2, 0.25) is 0 Å². The van der Waals surface area contributed by atoms with Crippen LogP contribution >= 0.6 is 0 Å². The molecule has 3 N–H and O–H groups in total. The molecule has 3 rings (SSSR count). The van der Waals surface area contributed by atoms with Crippen molar-refractivity contribution in [3.05, 3.63) is 53.6 Å². The number of carboxylic acid groups (broad SMARTS) is 1. The van der Waals surface area contributed by atoms with Crippen LogP contribution < -0.4 is 15.5 Å². The molecular formula is C20H20F6N4O3. The Hall–Kier alpha value is -3.35. The fourth-order valence-corrected chi connectivity index (χ4v) is 2.97. The monoisotopic (exact) mass is 478 g/mol. The minimum atomic E-state index is -5.08. The van der Waals surface area contributed by atoms with Crippen LogP contribution in [-0.2, 0) is 15.5 Å². The summed E-state index contributed by atoms with van der Waals surface area (Å²) < 4.78 is 74.2. The number of rotatable bonds is 4. The maximum Gasteiger partial charge on any atom is 0.490 e. The number of aromatic nitrogens is 1. The van der Waals surface area contributed by atoms with E-state index in [1.807, 2.05) is 4.90 Å². The lowest BCUT2D eigenvalue weighted by atomic mass is 10.0. The summed E-state index contributed by atoms with van der Waals surface area (Å²) in [6, 6.07) is 4.51. The first-order chi connectivity index (χ1) is 15.3. The zero-order chi connectivity index (χ0) is 24.8. The van der Waals surface area contributed by atoms with Crippen LogP contribution in [0.3, 0.4) is 0 Å². The number of pyridine rings is 1. The Kier molecular flexibility index (Phi) is 8.25. The first kappa shape index (κ1) is 25.9. The first-order valence-electron chi connectivity index (χ1n) is 9.49. The van der Waals surface area contributed by atoms with Gasteiger partial charge in [0.1, 0.15) is 5.82 Å². The molecule has 1 aliphatic rings.